The van der Waals surface area contributed by atoms with Crippen LogP contribution in [-0.2, 0) is 24.2 Å². The maximum Gasteiger partial charge on any atom is 0.321 e. The first kappa shape index (κ1) is 18.2. The van der Waals surface area contributed by atoms with Gasteiger partial charge in [-0.2, -0.15) is 0 Å². The Hall–Kier alpha value is -2.22. The van der Waals surface area contributed by atoms with E-state index in [0.29, 0.717) is 11.3 Å². The molecule has 1 unspecified atom stereocenters. The Labute approximate surface area is 161 Å². The zero-order chi connectivity index (χ0) is 19.0. The smallest absolute Gasteiger partial charge is 0.321 e. The molecule has 0 saturated heterocycles. The summed E-state index contributed by atoms with van der Waals surface area (Å²) in [6.45, 7) is 2.01. The molecule has 2 aliphatic carbocycles. The van der Waals surface area contributed by atoms with Gasteiger partial charge in [0.05, 0.1) is 11.7 Å². The molecule has 8 heteroatoms. The molecular weight excluding hydrogens is 364 g/mol. The Morgan fingerprint density at radius 2 is 2.07 bits per heavy atom. The van der Waals surface area contributed by atoms with E-state index in [1.807, 2.05) is 0 Å². The first-order valence-electron chi connectivity index (χ1n) is 9.61. The van der Waals surface area contributed by atoms with E-state index in [0.717, 1.165) is 55.3 Å². The number of carbonyl (C=O) groups excluding carboxylic acids is 2. The van der Waals surface area contributed by atoms with Crippen LogP contribution >= 0.6 is 11.3 Å². The van der Waals surface area contributed by atoms with E-state index >= 15 is 0 Å². The standard InChI is InChI=1S/C19H24N4O3S/c1-11-6-7-13-14(8-11)27-17-16(13)18(25)23(10-20-17)9-15(24)22-19(26)21-12-4-2-3-5-12/h10-12H,2-9H2,1H3,(H2,21,22,24,26). The predicted molar refractivity (Wildman–Crippen MR) is 104 cm³/mol. The highest BCUT2D eigenvalue weighted by atomic mass is 32.1. The Kier molecular flexibility index (Phi) is 4.99. The number of carbonyl (C=O) groups is 2. The van der Waals surface area contributed by atoms with Gasteiger partial charge >= 0.3 is 6.03 Å². The molecule has 0 bridgehead atoms. The number of thiophene rings is 1. The number of imide groups is 1. The minimum absolute atomic E-state index is 0.137. The summed E-state index contributed by atoms with van der Waals surface area (Å²) in [5.74, 6) is 0.114. The van der Waals surface area contributed by atoms with E-state index in [2.05, 4.69) is 22.5 Å². The second-order valence-electron chi connectivity index (χ2n) is 7.71. The summed E-state index contributed by atoms with van der Waals surface area (Å²) in [4.78, 5) is 43.4. The lowest BCUT2D eigenvalue weighted by atomic mass is 9.89. The van der Waals surface area contributed by atoms with Crippen LogP contribution in [0.3, 0.4) is 0 Å². The number of rotatable bonds is 3. The molecule has 4 rings (SSSR count). The molecule has 0 aromatic carbocycles. The second kappa shape index (κ2) is 7.42. The van der Waals surface area contributed by atoms with E-state index in [-0.39, 0.29) is 18.1 Å². The third-order valence-electron chi connectivity index (χ3n) is 5.54. The van der Waals surface area contributed by atoms with Gasteiger partial charge in [0.1, 0.15) is 11.4 Å². The lowest BCUT2D eigenvalue weighted by Crippen LogP contribution is -2.45. The molecule has 2 aromatic rings. The van der Waals surface area contributed by atoms with E-state index in [1.54, 1.807) is 11.3 Å². The molecular formula is C19H24N4O3S. The molecule has 1 atom stereocenters. The topological polar surface area (TPSA) is 93.1 Å². The highest BCUT2D eigenvalue weighted by molar-refractivity contribution is 7.18. The monoisotopic (exact) mass is 388 g/mol. The SMILES string of the molecule is CC1CCc2c(sc3ncn(CC(=O)NC(=O)NC4CCCC4)c(=O)c23)C1. The number of amides is 3. The second-order valence-corrected chi connectivity index (χ2v) is 8.80. The van der Waals surface area contributed by atoms with Crippen molar-refractivity contribution in [3.05, 3.63) is 27.1 Å². The Balaban J connectivity index is 1.48. The Bertz CT molecular complexity index is 942. The number of urea groups is 1. The summed E-state index contributed by atoms with van der Waals surface area (Å²) in [6.07, 6.45) is 8.44. The molecule has 2 N–H and O–H groups in total. The minimum Gasteiger partial charge on any atom is -0.335 e. The molecule has 3 amide bonds. The average Bonchev–Trinajstić information content (AvgIpc) is 3.24. The van der Waals surface area contributed by atoms with Crippen LogP contribution in [0, 0.1) is 5.92 Å². The van der Waals surface area contributed by atoms with Gasteiger partial charge < -0.3 is 5.32 Å². The van der Waals surface area contributed by atoms with Crippen molar-refractivity contribution in [3.63, 3.8) is 0 Å². The van der Waals surface area contributed by atoms with Gasteiger partial charge in [-0.25, -0.2) is 9.78 Å². The van der Waals surface area contributed by atoms with E-state index in [4.69, 9.17) is 0 Å². The van der Waals surface area contributed by atoms with Gasteiger partial charge in [-0.05, 0) is 43.6 Å². The van der Waals surface area contributed by atoms with Crippen molar-refractivity contribution in [2.75, 3.05) is 0 Å². The van der Waals surface area contributed by atoms with Crippen molar-refractivity contribution in [2.24, 2.45) is 5.92 Å². The quantitative estimate of drug-likeness (QED) is 0.844. The zero-order valence-electron chi connectivity index (χ0n) is 15.4. The largest absolute Gasteiger partial charge is 0.335 e. The van der Waals surface area contributed by atoms with E-state index in [1.165, 1.54) is 15.8 Å². The summed E-state index contributed by atoms with van der Waals surface area (Å²) >= 11 is 1.58. The molecule has 0 spiro atoms. The molecule has 1 saturated carbocycles. The minimum atomic E-state index is -0.508. The first-order valence-corrected chi connectivity index (χ1v) is 10.4. The average molecular weight is 388 g/mol. The van der Waals surface area contributed by atoms with Crippen LogP contribution in [0.1, 0.15) is 49.5 Å². The first-order chi connectivity index (χ1) is 13.0. The van der Waals surface area contributed by atoms with Crippen LogP contribution in [0.15, 0.2) is 11.1 Å². The molecule has 7 nitrogen and oxygen atoms in total. The zero-order valence-corrected chi connectivity index (χ0v) is 16.2. The van der Waals surface area contributed by atoms with Gasteiger partial charge in [-0.1, -0.05) is 19.8 Å². The third kappa shape index (κ3) is 3.76. The molecule has 0 radical (unpaired) electrons. The van der Waals surface area contributed by atoms with Crippen LogP contribution in [0.2, 0.25) is 0 Å². The van der Waals surface area contributed by atoms with Crippen molar-refractivity contribution in [2.45, 2.75) is 64.5 Å². The lowest BCUT2D eigenvalue weighted by Gasteiger charge is -2.17. The normalized spacial score (nSPS) is 19.8. The highest BCUT2D eigenvalue weighted by Gasteiger charge is 2.24. The van der Waals surface area contributed by atoms with Crippen molar-refractivity contribution >= 4 is 33.5 Å². The summed E-state index contributed by atoms with van der Waals surface area (Å²) in [5.41, 5.74) is 0.901. The van der Waals surface area contributed by atoms with Crippen molar-refractivity contribution in [1.29, 1.82) is 0 Å². The number of aryl methyl sites for hydroxylation is 1. The van der Waals surface area contributed by atoms with Crippen molar-refractivity contribution in [1.82, 2.24) is 20.2 Å². The van der Waals surface area contributed by atoms with Gasteiger partial charge in [-0.3, -0.25) is 19.5 Å². The number of fused-ring (bicyclic) bond motifs is 3. The van der Waals surface area contributed by atoms with E-state index < -0.39 is 11.9 Å². The van der Waals surface area contributed by atoms with E-state index in [9.17, 15) is 14.4 Å². The number of nitrogens with one attached hydrogen (secondary N) is 2. The van der Waals surface area contributed by atoms with Crippen LogP contribution < -0.4 is 16.2 Å². The molecule has 27 heavy (non-hydrogen) atoms. The fourth-order valence-electron chi connectivity index (χ4n) is 4.09. The van der Waals surface area contributed by atoms with Crippen molar-refractivity contribution in [3.8, 4) is 0 Å². The molecule has 0 aliphatic heterocycles. The van der Waals surface area contributed by atoms with Crippen LogP contribution in [0.4, 0.5) is 4.79 Å². The van der Waals surface area contributed by atoms with Crippen molar-refractivity contribution < 1.29 is 9.59 Å². The summed E-state index contributed by atoms with van der Waals surface area (Å²) < 4.78 is 1.30. The maximum atomic E-state index is 12.9. The van der Waals surface area contributed by atoms with Crippen LogP contribution in [0.5, 0.6) is 0 Å². The summed E-state index contributed by atoms with van der Waals surface area (Å²) in [5, 5.41) is 5.77. The molecule has 2 aliphatic rings. The molecule has 1 fully saturated rings. The molecule has 2 heterocycles. The number of hydrogen-bond donors (Lipinski definition) is 2. The highest BCUT2D eigenvalue weighted by Crippen LogP contribution is 2.35. The Morgan fingerprint density at radius 1 is 1.30 bits per heavy atom. The van der Waals surface area contributed by atoms with Crippen LogP contribution in [0.25, 0.3) is 10.2 Å². The number of nitrogens with zero attached hydrogens (tertiary/aromatic N) is 2. The summed E-state index contributed by atoms with van der Waals surface area (Å²) in [7, 11) is 0. The Morgan fingerprint density at radius 3 is 2.85 bits per heavy atom. The predicted octanol–water partition coefficient (Wildman–Crippen LogP) is 2.35. The third-order valence-corrected chi connectivity index (χ3v) is 6.70. The van der Waals surface area contributed by atoms with Gasteiger partial charge in [0.15, 0.2) is 0 Å². The molecule has 144 valence electrons. The van der Waals surface area contributed by atoms with Gasteiger partial charge in [-0.15, -0.1) is 11.3 Å². The summed E-state index contributed by atoms with van der Waals surface area (Å²) in [6, 6.07) is -0.353. The van der Waals surface area contributed by atoms with Gasteiger partial charge in [0.25, 0.3) is 5.56 Å². The fourth-order valence-corrected chi connectivity index (χ4v) is 5.43. The van der Waals surface area contributed by atoms with Crippen LogP contribution in [-0.4, -0.2) is 27.5 Å². The van der Waals surface area contributed by atoms with Gasteiger partial charge in [0.2, 0.25) is 5.91 Å². The maximum absolute atomic E-state index is 12.9. The van der Waals surface area contributed by atoms with Gasteiger partial charge in [0, 0.05) is 10.9 Å². The fraction of sp³-hybridized carbons (Fsp3) is 0.579. The number of hydrogen-bond acceptors (Lipinski definition) is 5. The molecule has 2 aromatic heterocycles. The number of aromatic nitrogens is 2. The lowest BCUT2D eigenvalue weighted by molar-refractivity contribution is -0.120.